The van der Waals surface area contributed by atoms with Gasteiger partial charge >= 0.3 is 0 Å². The lowest BCUT2D eigenvalue weighted by atomic mass is 10.0. The van der Waals surface area contributed by atoms with Gasteiger partial charge in [0.2, 0.25) is 5.91 Å². The van der Waals surface area contributed by atoms with Gasteiger partial charge in [0, 0.05) is 13.1 Å². The fraction of sp³-hybridized carbons (Fsp3) is 0.875. The Morgan fingerprint density at radius 1 is 1.43 bits per heavy atom. The molecule has 0 spiro atoms. The summed E-state index contributed by atoms with van der Waals surface area (Å²) in [5, 5.41) is 5.95. The molecule has 86 valence electrons. The number of nitrogens with two attached hydrogens (primary N) is 1. The van der Waals surface area contributed by atoms with Crippen molar-refractivity contribution in [3.63, 3.8) is 0 Å². The van der Waals surface area contributed by atoms with Crippen molar-refractivity contribution in [1.29, 1.82) is 0 Å². The highest BCUT2D eigenvalue weighted by Crippen LogP contribution is 1.99. The molecule has 1 amide bonds. The zero-order valence-corrected chi connectivity index (χ0v) is 10.1. The molecule has 1 heterocycles. The van der Waals surface area contributed by atoms with Crippen LogP contribution in [0.25, 0.3) is 0 Å². The largest absolute Gasteiger partial charge is 0.349 e. The highest BCUT2D eigenvalue weighted by molar-refractivity contribution is 5.85. The Balaban J connectivity index is 0. The minimum atomic E-state index is -0.370. The lowest BCUT2D eigenvalue weighted by Gasteiger charge is -2.29. The number of carbonyl (C=O) groups is 1. The smallest absolute Gasteiger partial charge is 0.237 e. The van der Waals surface area contributed by atoms with Crippen LogP contribution < -0.4 is 16.4 Å². The molecule has 4 nitrogen and oxygen atoms in total. The summed E-state index contributed by atoms with van der Waals surface area (Å²) in [5.74, 6) is 0.175. The van der Waals surface area contributed by atoms with Crippen molar-refractivity contribution in [2.45, 2.75) is 25.9 Å². The third kappa shape index (κ3) is 4.46. The average molecular weight is 244 g/mol. The standard InChI is InChI=1S/C8H17N3O.2ClH/c1-5(2)7(9)8(12)11-6-3-10-4-6;;/h5-7,10H,3-4,9H2,1-2H3,(H,11,12);2*1H/t7-;;/m0../s1. The first kappa shape index (κ1) is 16.4. The van der Waals surface area contributed by atoms with E-state index in [9.17, 15) is 4.79 Å². The van der Waals surface area contributed by atoms with Crippen LogP contribution in [0.5, 0.6) is 0 Å². The third-order valence-corrected chi connectivity index (χ3v) is 2.15. The van der Waals surface area contributed by atoms with E-state index < -0.39 is 0 Å². The first-order valence-electron chi connectivity index (χ1n) is 4.38. The van der Waals surface area contributed by atoms with Gasteiger partial charge < -0.3 is 16.4 Å². The summed E-state index contributed by atoms with van der Waals surface area (Å²) in [5.41, 5.74) is 5.65. The second-order valence-corrected chi connectivity index (χ2v) is 3.63. The van der Waals surface area contributed by atoms with Crippen LogP contribution in [-0.4, -0.2) is 31.1 Å². The number of carbonyl (C=O) groups excluding carboxylic acids is 1. The van der Waals surface area contributed by atoms with Crippen molar-refractivity contribution in [2.24, 2.45) is 11.7 Å². The molecule has 0 aromatic carbocycles. The van der Waals surface area contributed by atoms with Gasteiger partial charge in [-0.15, -0.1) is 24.8 Å². The average Bonchev–Trinajstić information content (AvgIpc) is 1.94. The highest BCUT2D eigenvalue weighted by atomic mass is 35.5. The lowest BCUT2D eigenvalue weighted by Crippen LogP contribution is -2.60. The van der Waals surface area contributed by atoms with Gasteiger partial charge in [0.25, 0.3) is 0 Å². The van der Waals surface area contributed by atoms with E-state index in [-0.39, 0.29) is 42.7 Å². The molecule has 6 heteroatoms. The monoisotopic (exact) mass is 243 g/mol. The quantitative estimate of drug-likeness (QED) is 0.649. The Morgan fingerprint density at radius 2 is 1.93 bits per heavy atom. The molecule has 1 aliphatic heterocycles. The predicted octanol–water partition coefficient (Wildman–Crippen LogP) is -0.0987. The van der Waals surface area contributed by atoms with Crippen molar-refractivity contribution < 1.29 is 4.79 Å². The molecule has 1 saturated heterocycles. The number of nitrogens with one attached hydrogen (secondary N) is 2. The second-order valence-electron chi connectivity index (χ2n) is 3.63. The molecule has 0 radical (unpaired) electrons. The first-order chi connectivity index (χ1) is 5.61. The van der Waals surface area contributed by atoms with E-state index in [1.165, 1.54) is 0 Å². The number of amides is 1. The molecule has 0 bridgehead atoms. The van der Waals surface area contributed by atoms with Crippen LogP contribution in [0.15, 0.2) is 0 Å². The van der Waals surface area contributed by atoms with Gasteiger partial charge in [-0.2, -0.15) is 0 Å². The topological polar surface area (TPSA) is 67.2 Å². The fourth-order valence-electron chi connectivity index (χ4n) is 0.991. The SMILES string of the molecule is CC(C)[C@H](N)C(=O)NC1CNC1.Cl.Cl. The number of halogens is 2. The van der Waals surface area contributed by atoms with E-state index in [0.29, 0.717) is 6.04 Å². The van der Waals surface area contributed by atoms with Gasteiger partial charge in [-0.1, -0.05) is 13.8 Å². The fourth-order valence-corrected chi connectivity index (χ4v) is 0.991. The molecule has 0 aliphatic carbocycles. The number of hydrogen-bond acceptors (Lipinski definition) is 3. The molecule has 1 atom stereocenters. The van der Waals surface area contributed by atoms with Crippen molar-refractivity contribution >= 4 is 30.7 Å². The van der Waals surface area contributed by atoms with Crippen LogP contribution in [0, 0.1) is 5.92 Å². The Bertz CT molecular complexity index is 174. The maximum atomic E-state index is 11.3. The van der Waals surface area contributed by atoms with Gasteiger partial charge in [-0.25, -0.2) is 0 Å². The Labute approximate surface area is 97.2 Å². The van der Waals surface area contributed by atoms with Crippen LogP contribution in [-0.2, 0) is 4.79 Å². The minimum absolute atomic E-state index is 0. The lowest BCUT2D eigenvalue weighted by molar-refractivity contribution is -0.124. The van der Waals surface area contributed by atoms with E-state index in [4.69, 9.17) is 5.73 Å². The zero-order chi connectivity index (χ0) is 9.14. The molecule has 1 fully saturated rings. The number of hydrogen-bond donors (Lipinski definition) is 3. The van der Waals surface area contributed by atoms with E-state index in [1.807, 2.05) is 13.8 Å². The molecular weight excluding hydrogens is 225 g/mol. The summed E-state index contributed by atoms with van der Waals surface area (Å²) >= 11 is 0. The predicted molar refractivity (Wildman–Crippen MR) is 62.1 cm³/mol. The summed E-state index contributed by atoms with van der Waals surface area (Å²) in [7, 11) is 0. The van der Waals surface area contributed by atoms with Crippen molar-refractivity contribution in [3.8, 4) is 0 Å². The maximum Gasteiger partial charge on any atom is 0.237 e. The van der Waals surface area contributed by atoms with Crippen molar-refractivity contribution in [1.82, 2.24) is 10.6 Å². The van der Waals surface area contributed by atoms with Gasteiger partial charge in [0.1, 0.15) is 0 Å². The van der Waals surface area contributed by atoms with Gasteiger partial charge in [0.15, 0.2) is 0 Å². The van der Waals surface area contributed by atoms with Crippen LogP contribution in [0.1, 0.15) is 13.8 Å². The van der Waals surface area contributed by atoms with E-state index in [0.717, 1.165) is 13.1 Å². The van der Waals surface area contributed by atoms with Crippen molar-refractivity contribution in [2.75, 3.05) is 13.1 Å². The first-order valence-corrected chi connectivity index (χ1v) is 4.38. The normalized spacial score (nSPS) is 17.4. The van der Waals surface area contributed by atoms with E-state index in [1.54, 1.807) is 0 Å². The van der Waals surface area contributed by atoms with Crippen molar-refractivity contribution in [3.05, 3.63) is 0 Å². The van der Waals surface area contributed by atoms with Gasteiger partial charge in [-0.05, 0) is 5.92 Å². The Hall–Kier alpha value is -0.0300. The van der Waals surface area contributed by atoms with Crippen LogP contribution >= 0.6 is 24.8 Å². The summed E-state index contributed by atoms with van der Waals surface area (Å²) < 4.78 is 0. The summed E-state index contributed by atoms with van der Waals surface area (Å²) in [4.78, 5) is 11.3. The Morgan fingerprint density at radius 3 is 2.21 bits per heavy atom. The van der Waals surface area contributed by atoms with Crippen LogP contribution in [0.2, 0.25) is 0 Å². The second kappa shape index (κ2) is 7.29. The molecule has 0 aromatic heterocycles. The van der Waals surface area contributed by atoms with Crippen LogP contribution in [0.4, 0.5) is 0 Å². The number of rotatable bonds is 3. The molecule has 0 saturated carbocycles. The minimum Gasteiger partial charge on any atom is -0.349 e. The molecule has 4 N–H and O–H groups in total. The van der Waals surface area contributed by atoms with E-state index >= 15 is 0 Å². The van der Waals surface area contributed by atoms with Crippen LogP contribution in [0.3, 0.4) is 0 Å². The summed E-state index contributed by atoms with van der Waals surface area (Å²) in [6.45, 7) is 5.64. The molecule has 0 aromatic rings. The van der Waals surface area contributed by atoms with Gasteiger partial charge in [0.05, 0.1) is 12.1 Å². The highest BCUT2D eigenvalue weighted by Gasteiger charge is 2.23. The Kier molecular flexibility index (Phi) is 8.54. The van der Waals surface area contributed by atoms with E-state index in [2.05, 4.69) is 10.6 Å². The summed E-state index contributed by atoms with van der Waals surface area (Å²) in [6.07, 6.45) is 0. The zero-order valence-electron chi connectivity index (χ0n) is 8.45. The third-order valence-electron chi connectivity index (χ3n) is 2.15. The summed E-state index contributed by atoms with van der Waals surface area (Å²) in [6, 6.07) is -0.0760. The molecule has 1 rings (SSSR count). The molecule has 1 aliphatic rings. The molecule has 0 unspecified atom stereocenters. The van der Waals surface area contributed by atoms with Gasteiger partial charge in [-0.3, -0.25) is 4.79 Å². The maximum absolute atomic E-state index is 11.3. The molecular formula is C8H19Cl2N3O. The molecule has 14 heavy (non-hydrogen) atoms.